The van der Waals surface area contributed by atoms with E-state index >= 15 is 0 Å². The molecule has 0 saturated carbocycles. The van der Waals surface area contributed by atoms with Crippen molar-refractivity contribution < 1.29 is 9.59 Å². The summed E-state index contributed by atoms with van der Waals surface area (Å²) in [4.78, 5) is 22.5. The Hall–Kier alpha value is -1.09. The molecule has 3 heteroatoms. The number of aryl methyl sites for hydroxylation is 1. The van der Waals surface area contributed by atoms with Crippen LogP contribution >= 0.6 is 12.6 Å². The molecule has 0 spiro atoms. The standard InChI is InChI=1S/C11H12O2S/c1-7-3-5-9(6-4-7)10(13)11(14)8(2)12/h3-6,11,14H,1-2H3. The molecule has 1 aromatic carbocycles. The maximum Gasteiger partial charge on any atom is 0.182 e. The number of carbonyl (C=O) groups is 2. The van der Waals surface area contributed by atoms with Crippen molar-refractivity contribution in [3.05, 3.63) is 35.4 Å². The van der Waals surface area contributed by atoms with E-state index in [0.717, 1.165) is 5.56 Å². The Morgan fingerprint density at radius 3 is 2.14 bits per heavy atom. The topological polar surface area (TPSA) is 34.1 Å². The summed E-state index contributed by atoms with van der Waals surface area (Å²) in [6.45, 7) is 3.31. The molecule has 74 valence electrons. The van der Waals surface area contributed by atoms with Gasteiger partial charge in [0.1, 0.15) is 11.0 Å². The van der Waals surface area contributed by atoms with E-state index in [-0.39, 0.29) is 11.6 Å². The maximum atomic E-state index is 11.6. The minimum atomic E-state index is -0.835. The van der Waals surface area contributed by atoms with Crippen molar-refractivity contribution in [2.75, 3.05) is 0 Å². The number of hydrogen-bond donors (Lipinski definition) is 1. The lowest BCUT2D eigenvalue weighted by Gasteiger charge is -2.05. The Labute approximate surface area is 88.7 Å². The lowest BCUT2D eigenvalue weighted by atomic mass is 10.0. The second-order valence-corrected chi connectivity index (χ2v) is 3.76. The van der Waals surface area contributed by atoms with Gasteiger partial charge in [-0.1, -0.05) is 29.8 Å². The van der Waals surface area contributed by atoms with Crippen molar-refractivity contribution in [1.29, 1.82) is 0 Å². The van der Waals surface area contributed by atoms with Gasteiger partial charge in [-0.05, 0) is 13.8 Å². The van der Waals surface area contributed by atoms with Crippen molar-refractivity contribution in [1.82, 2.24) is 0 Å². The average molecular weight is 208 g/mol. The largest absolute Gasteiger partial charge is 0.298 e. The van der Waals surface area contributed by atoms with E-state index in [9.17, 15) is 9.59 Å². The number of thiol groups is 1. The van der Waals surface area contributed by atoms with Crippen LogP contribution in [0.1, 0.15) is 22.8 Å². The zero-order chi connectivity index (χ0) is 10.7. The van der Waals surface area contributed by atoms with Crippen LogP contribution < -0.4 is 0 Å². The van der Waals surface area contributed by atoms with Gasteiger partial charge in [-0.25, -0.2) is 0 Å². The summed E-state index contributed by atoms with van der Waals surface area (Å²) < 4.78 is 0. The molecule has 2 nitrogen and oxygen atoms in total. The second-order valence-electron chi connectivity index (χ2n) is 3.24. The molecule has 0 aliphatic heterocycles. The lowest BCUT2D eigenvalue weighted by Crippen LogP contribution is -2.22. The van der Waals surface area contributed by atoms with E-state index in [1.165, 1.54) is 6.92 Å². The zero-order valence-electron chi connectivity index (χ0n) is 8.15. The van der Waals surface area contributed by atoms with Crippen molar-refractivity contribution in [3.8, 4) is 0 Å². The van der Waals surface area contributed by atoms with E-state index in [2.05, 4.69) is 12.6 Å². The van der Waals surface area contributed by atoms with Crippen LogP contribution in [0.25, 0.3) is 0 Å². The predicted octanol–water partition coefficient (Wildman–Crippen LogP) is 2.07. The van der Waals surface area contributed by atoms with Crippen LogP contribution in [-0.4, -0.2) is 16.8 Å². The predicted molar refractivity (Wildman–Crippen MR) is 59.0 cm³/mol. The highest BCUT2D eigenvalue weighted by Crippen LogP contribution is 2.10. The van der Waals surface area contributed by atoms with Crippen LogP contribution in [0.4, 0.5) is 0 Å². The summed E-state index contributed by atoms with van der Waals surface area (Å²) in [5.41, 5.74) is 1.62. The molecular weight excluding hydrogens is 196 g/mol. The normalized spacial score (nSPS) is 12.2. The van der Waals surface area contributed by atoms with Gasteiger partial charge in [-0.2, -0.15) is 12.6 Å². The molecule has 1 aromatic rings. The fraction of sp³-hybridized carbons (Fsp3) is 0.273. The second kappa shape index (κ2) is 4.42. The summed E-state index contributed by atoms with van der Waals surface area (Å²) in [6.07, 6.45) is 0. The summed E-state index contributed by atoms with van der Waals surface area (Å²) in [5.74, 6) is -0.459. The van der Waals surface area contributed by atoms with Crippen molar-refractivity contribution >= 4 is 24.2 Å². The van der Waals surface area contributed by atoms with Gasteiger partial charge in [0.2, 0.25) is 0 Å². The van der Waals surface area contributed by atoms with Crippen LogP contribution in [0.2, 0.25) is 0 Å². The molecule has 14 heavy (non-hydrogen) atoms. The third-order valence-corrected chi connectivity index (χ3v) is 2.57. The van der Waals surface area contributed by atoms with Gasteiger partial charge >= 0.3 is 0 Å². The molecule has 0 aliphatic rings. The fourth-order valence-corrected chi connectivity index (χ4v) is 1.21. The first-order valence-corrected chi connectivity index (χ1v) is 4.83. The van der Waals surface area contributed by atoms with Crippen molar-refractivity contribution in [2.24, 2.45) is 0 Å². The third-order valence-electron chi connectivity index (χ3n) is 1.97. The van der Waals surface area contributed by atoms with Crippen LogP contribution in [0, 0.1) is 6.92 Å². The molecule has 0 bridgehead atoms. The number of benzene rings is 1. The number of carbonyl (C=O) groups excluding carboxylic acids is 2. The van der Waals surface area contributed by atoms with Gasteiger partial charge in [0, 0.05) is 5.56 Å². The quantitative estimate of drug-likeness (QED) is 0.468. The Morgan fingerprint density at radius 2 is 1.71 bits per heavy atom. The number of Topliss-reactive ketones (excluding diaryl/α,β-unsaturated/α-hetero) is 2. The van der Waals surface area contributed by atoms with E-state index < -0.39 is 5.25 Å². The molecule has 0 aliphatic carbocycles. The highest BCUT2D eigenvalue weighted by molar-refractivity contribution is 7.82. The first-order chi connectivity index (χ1) is 6.52. The zero-order valence-corrected chi connectivity index (χ0v) is 9.04. The molecule has 0 amide bonds. The molecule has 0 aromatic heterocycles. The van der Waals surface area contributed by atoms with Gasteiger partial charge in [-0.3, -0.25) is 9.59 Å². The van der Waals surface area contributed by atoms with Crippen LogP contribution in [0.5, 0.6) is 0 Å². The van der Waals surface area contributed by atoms with Crippen LogP contribution in [0.15, 0.2) is 24.3 Å². The Balaban J connectivity index is 2.90. The first kappa shape index (κ1) is 11.0. The number of ketones is 2. The van der Waals surface area contributed by atoms with Gasteiger partial charge in [0.25, 0.3) is 0 Å². The monoisotopic (exact) mass is 208 g/mol. The highest BCUT2D eigenvalue weighted by atomic mass is 32.1. The van der Waals surface area contributed by atoms with Gasteiger partial charge in [0.15, 0.2) is 5.78 Å². The third kappa shape index (κ3) is 2.45. The van der Waals surface area contributed by atoms with Crippen LogP contribution in [0.3, 0.4) is 0 Å². The minimum Gasteiger partial charge on any atom is -0.298 e. The van der Waals surface area contributed by atoms with Gasteiger partial charge in [0.05, 0.1) is 0 Å². The summed E-state index contributed by atoms with van der Waals surface area (Å²) in [7, 11) is 0. The van der Waals surface area contributed by atoms with E-state index in [1.54, 1.807) is 12.1 Å². The molecule has 0 N–H and O–H groups in total. The average Bonchev–Trinajstić information content (AvgIpc) is 2.16. The first-order valence-electron chi connectivity index (χ1n) is 4.32. The molecule has 0 radical (unpaired) electrons. The maximum absolute atomic E-state index is 11.6. The summed E-state index contributed by atoms with van der Waals surface area (Å²) >= 11 is 3.96. The van der Waals surface area contributed by atoms with Crippen LogP contribution in [-0.2, 0) is 4.79 Å². The Kier molecular flexibility index (Phi) is 3.47. The highest BCUT2D eigenvalue weighted by Gasteiger charge is 2.19. The van der Waals surface area contributed by atoms with Crippen molar-refractivity contribution in [3.63, 3.8) is 0 Å². The lowest BCUT2D eigenvalue weighted by molar-refractivity contribution is -0.115. The Morgan fingerprint density at radius 1 is 1.21 bits per heavy atom. The van der Waals surface area contributed by atoms with Gasteiger partial charge < -0.3 is 0 Å². The van der Waals surface area contributed by atoms with Gasteiger partial charge in [-0.15, -0.1) is 0 Å². The number of hydrogen-bond acceptors (Lipinski definition) is 3. The number of rotatable bonds is 3. The fourth-order valence-electron chi connectivity index (χ4n) is 1.06. The summed E-state index contributed by atoms with van der Waals surface area (Å²) in [5, 5.41) is -0.835. The molecule has 0 heterocycles. The molecule has 1 atom stereocenters. The molecule has 1 unspecified atom stereocenters. The van der Waals surface area contributed by atoms with E-state index in [0.29, 0.717) is 5.56 Å². The van der Waals surface area contributed by atoms with E-state index in [1.807, 2.05) is 19.1 Å². The van der Waals surface area contributed by atoms with E-state index in [4.69, 9.17) is 0 Å². The SMILES string of the molecule is CC(=O)C(S)C(=O)c1ccc(C)cc1. The molecular formula is C11H12O2S. The minimum absolute atomic E-state index is 0.223. The van der Waals surface area contributed by atoms with Crippen molar-refractivity contribution in [2.45, 2.75) is 19.1 Å². The molecule has 1 rings (SSSR count). The summed E-state index contributed by atoms with van der Waals surface area (Å²) in [6, 6.07) is 7.11. The molecule has 0 fully saturated rings. The molecule has 0 saturated heterocycles. The Bertz CT molecular complexity index is 354. The smallest absolute Gasteiger partial charge is 0.182 e.